The second-order valence-electron chi connectivity index (χ2n) is 8.13. The molecule has 1 atom stereocenters. The predicted molar refractivity (Wildman–Crippen MR) is 129 cm³/mol. The van der Waals surface area contributed by atoms with E-state index in [0.29, 0.717) is 41.9 Å². The van der Waals surface area contributed by atoms with Gasteiger partial charge in [0, 0.05) is 19.5 Å². The summed E-state index contributed by atoms with van der Waals surface area (Å²) in [4.78, 5) is 27.4. The lowest BCUT2D eigenvalue weighted by atomic mass is 10.00. The van der Waals surface area contributed by atoms with Crippen LogP contribution in [-0.2, 0) is 22.6 Å². The number of carbonyl (C=O) groups is 2. The molecule has 2 amide bonds. The number of aryl methyl sites for hydroxylation is 1. The van der Waals surface area contributed by atoms with Crippen molar-refractivity contribution >= 4 is 35.0 Å². The standard InChI is InChI=1S/C25H32Cl2N2O2/c1-5-14-28-25(31)18(4)29(16-20-8-12-22(26)23(27)15-20)24(30)13-9-19-6-10-21(11-7-19)17(2)3/h6-8,10-12,15,17-18H,5,9,13-14,16H2,1-4H3,(H,28,31)/t18-/m1/s1. The summed E-state index contributed by atoms with van der Waals surface area (Å²) >= 11 is 12.2. The number of rotatable bonds is 10. The van der Waals surface area contributed by atoms with Gasteiger partial charge in [0.2, 0.25) is 11.8 Å². The van der Waals surface area contributed by atoms with E-state index in [1.165, 1.54) is 5.56 Å². The minimum Gasteiger partial charge on any atom is -0.354 e. The average molecular weight is 463 g/mol. The van der Waals surface area contributed by atoms with Gasteiger partial charge in [-0.25, -0.2) is 0 Å². The summed E-state index contributed by atoms with van der Waals surface area (Å²) in [6, 6.07) is 13.1. The van der Waals surface area contributed by atoms with Crippen LogP contribution in [-0.4, -0.2) is 29.3 Å². The second kappa shape index (κ2) is 12.1. The number of halogens is 2. The third kappa shape index (κ3) is 7.55. The number of benzene rings is 2. The summed E-state index contributed by atoms with van der Waals surface area (Å²) in [5.74, 6) is 0.245. The van der Waals surface area contributed by atoms with Crippen molar-refractivity contribution in [3.05, 3.63) is 69.2 Å². The first-order chi connectivity index (χ1) is 14.7. The molecule has 0 aliphatic heterocycles. The van der Waals surface area contributed by atoms with Gasteiger partial charge in [-0.15, -0.1) is 0 Å². The Bertz CT molecular complexity index is 882. The van der Waals surface area contributed by atoms with Crippen LogP contribution in [0.1, 0.15) is 63.1 Å². The smallest absolute Gasteiger partial charge is 0.242 e. The van der Waals surface area contributed by atoms with Crippen LogP contribution in [0.3, 0.4) is 0 Å². The predicted octanol–water partition coefficient (Wildman–Crippen LogP) is 5.99. The number of nitrogens with zero attached hydrogens (tertiary/aromatic N) is 1. The van der Waals surface area contributed by atoms with Gasteiger partial charge < -0.3 is 10.2 Å². The average Bonchev–Trinajstić information content (AvgIpc) is 2.76. The van der Waals surface area contributed by atoms with Crippen LogP contribution in [0.25, 0.3) is 0 Å². The van der Waals surface area contributed by atoms with Crippen LogP contribution in [0.4, 0.5) is 0 Å². The Kier molecular flexibility index (Phi) is 9.86. The van der Waals surface area contributed by atoms with E-state index in [1.54, 1.807) is 24.0 Å². The van der Waals surface area contributed by atoms with Gasteiger partial charge >= 0.3 is 0 Å². The van der Waals surface area contributed by atoms with Crippen LogP contribution in [0.5, 0.6) is 0 Å². The minimum atomic E-state index is -0.586. The molecule has 0 saturated heterocycles. The van der Waals surface area contributed by atoms with E-state index >= 15 is 0 Å². The van der Waals surface area contributed by atoms with E-state index in [-0.39, 0.29) is 11.8 Å². The highest BCUT2D eigenvalue weighted by Gasteiger charge is 2.25. The molecule has 0 aliphatic carbocycles. The van der Waals surface area contributed by atoms with Gasteiger partial charge in [-0.05, 0) is 54.5 Å². The Balaban J connectivity index is 2.14. The first-order valence-corrected chi connectivity index (χ1v) is 11.6. The molecule has 0 saturated carbocycles. The molecule has 0 aromatic heterocycles. The molecule has 2 rings (SSSR count). The number of nitrogens with one attached hydrogen (secondary N) is 1. The van der Waals surface area contributed by atoms with Gasteiger partial charge in [0.05, 0.1) is 10.0 Å². The van der Waals surface area contributed by atoms with Crippen molar-refractivity contribution in [2.24, 2.45) is 0 Å². The van der Waals surface area contributed by atoms with Crippen LogP contribution in [0.2, 0.25) is 10.0 Å². The molecular weight excluding hydrogens is 431 g/mol. The molecule has 4 nitrogen and oxygen atoms in total. The van der Waals surface area contributed by atoms with Crippen LogP contribution in [0.15, 0.2) is 42.5 Å². The van der Waals surface area contributed by atoms with E-state index in [2.05, 4.69) is 43.4 Å². The Labute approximate surface area is 195 Å². The van der Waals surface area contributed by atoms with Crippen LogP contribution < -0.4 is 5.32 Å². The van der Waals surface area contributed by atoms with Crippen molar-refractivity contribution in [2.45, 2.75) is 65.5 Å². The van der Waals surface area contributed by atoms with Crippen molar-refractivity contribution in [3.8, 4) is 0 Å². The van der Waals surface area contributed by atoms with Crippen molar-refractivity contribution in [1.29, 1.82) is 0 Å². The molecule has 0 aliphatic rings. The summed E-state index contributed by atoms with van der Waals surface area (Å²) < 4.78 is 0. The Hall–Kier alpha value is -2.04. The molecule has 0 radical (unpaired) electrons. The Morgan fingerprint density at radius 2 is 1.61 bits per heavy atom. The highest BCUT2D eigenvalue weighted by molar-refractivity contribution is 6.42. The monoisotopic (exact) mass is 462 g/mol. The van der Waals surface area contributed by atoms with E-state index in [1.807, 2.05) is 13.0 Å². The first kappa shape index (κ1) is 25.2. The van der Waals surface area contributed by atoms with Gasteiger partial charge in [-0.3, -0.25) is 9.59 Å². The van der Waals surface area contributed by atoms with Gasteiger partial charge in [0.25, 0.3) is 0 Å². The lowest BCUT2D eigenvalue weighted by molar-refractivity contribution is -0.140. The summed E-state index contributed by atoms with van der Waals surface area (Å²) in [7, 11) is 0. The molecule has 0 fully saturated rings. The van der Waals surface area contributed by atoms with Gasteiger partial charge in [0.1, 0.15) is 6.04 Å². The highest BCUT2D eigenvalue weighted by Crippen LogP contribution is 2.24. The fourth-order valence-electron chi connectivity index (χ4n) is 3.28. The van der Waals surface area contributed by atoms with E-state index in [0.717, 1.165) is 17.5 Å². The van der Waals surface area contributed by atoms with E-state index < -0.39 is 6.04 Å². The topological polar surface area (TPSA) is 49.4 Å². The molecule has 0 bridgehead atoms. The van der Waals surface area contributed by atoms with Crippen LogP contribution in [0, 0.1) is 0 Å². The molecule has 0 heterocycles. The summed E-state index contributed by atoms with van der Waals surface area (Å²) in [5.41, 5.74) is 3.21. The molecule has 2 aromatic carbocycles. The van der Waals surface area contributed by atoms with Gasteiger partial charge in [0.15, 0.2) is 0 Å². The summed E-state index contributed by atoms with van der Waals surface area (Å²) in [6.45, 7) is 8.95. The minimum absolute atomic E-state index is 0.0712. The second-order valence-corrected chi connectivity index (χ2v) is 8.95. The van der Waals surface area contributed by atoms with E-state index in [4.69, 9.17) is 23.2 Å². The zero-order valence-corrected chi connectivity index (χ0v) is 20.3. The van der Waals surface area contributed by atoms with Gasteiger partial charge in [-0.2, -0.15) is 0 Å². The molecule has 1 N–H and O–H groups in total. The number of carbonyl (C=O) groups excluding carboxylic acids is 2. The molecular formula is C25H32Cl2N2O2. The van der Waals surface area contributed by atoms with Crippen molar-refractivity contribution in [1.82, 2.24) is 10.2 Å². The zero-order valence-electron chi connectivity index (χ0n) is 18.8. The third-order valence-electron chi connectivity index (χ3n) is 5.33. The summed E-state index contributed by atoms with van der Waals surface area (Å²) in [5, 5.41) is 3.77. The SMILES string of the molecule is CCCNC(=O)[C@@H](C)N(Cc1ccc(Cl)c(Cl)c1)C(=O)CCc1ccc(C(C)C)cc1. The number of hydrogen-bond acceptors (Lipinski definition) is 2. The maximum atomic E-state index is 13.2. The largest absolute Gasteiger partial charge is 0.354 e. The van der Waals surface area contributed by atoms with Crippen molar-refractivity contribution < 1.29 is 9.59 Å². The zero-order chi connectivity index (χ0) is 23.0. The maximum absolute atomic E-state index is 13.2. The lowest BCUT2D eigenvalue weighted by Gasteiger charge is -2.29. The molecule has 31 heavy (non-hydrogen) atoms. The molecule has 6 heteroatoms. The first-order valence-electron chi connectivity index (χ1n) is 10.8. The molecule has 0 unspecified atom stereocenters. The van der Waals surface area contributed by atoms with Crippen molar-refractivity contribution in [3.63, 3.8) is 0 Å². The molecule has 2 aromatic rings. The molecule has 0 spiro atoms. The number of hydrogen-bond donors (Lipinski definition) is 1. The summed E-state index contributed by atoms with van der Waals surface area (Å²) in [6.07, 6.45) is 1.79. The quantitative estimate of drug-likeness (QED) is 0.470. The fraction of sp³-hybridized carbons (Fsp3) is 0.440. The highest BCUT2D eigenvalue weighted by atomic mass is 35.5. The third-order valence-corrected chi connectivity index (χ3v) is 6.07. The van der Waals surface area contributed by atoms with E-state index in [9.17, 15) is 9.59 Å². The van der Waals surface area contributed by atoms with Gasteiger partial charge in [-0.1, -0.05) is 74.3 Å². The fourth-order valence-corrected chi connectivity index (χ4v) is 3.60. The normalized spacial score (nSPS) is 12.0. The van der Waals surface area contributed by atoms with Crippen molar-refractivity contribution in [2.75, 3.05) is 6.54 Å². The Morgan fingerprint density at radius 1 is 0.968 bits per heavy atom. The number of amides is 2. The molecule has 168 valence electrons. The lowest BCUT2D eigenvalue weighted by Crippen LogP contribution is -2.47. The maximum Gasteiger partial charge on any atom is 0.242 e. The Morgan fingerprint density at radius 3 is 2.19 bits per heavy atom. The van der Waals surface area contributed by atoms with Crippen LogP contribution >= 0.6 is 23.2 Å².